The Balaban J connectivity index is 1.22. The lowest BCUT2D eigenvalue weighted by atomic mass is 9.53. The van der Waals surface area contributed by atoms with E-state index in [0.29, 0.717) is 31.2 Å². The quantitative estimate of drug-likeness (QED) is 0.0612. The molecule has 2 bridgehead atoms. The normalized spacial score (nSPS) is 21.3. The molecule has 1 fully saturated rings. The summed E-state index contributed by atoms with van der Waals surface area (Å²) in [6.45, 7) is 16.1. The number of hydrogen-bond acceptors (Lipinski definition) is 10. The highest BCUT2D eigenvalue weighted by atomic mass is 16.6. The van der Waals surface area contributed by atoms with Crippen LogP contribution >= 0.6 is 0 Å². The number of nitrogens with zero attached hydrogens (tertiary/aromatic N) is 3. The molecule has 3 atom stereocenters. The Morgan fingerprint density at radius 1 is 1.00 bits per heavy atom. The minimum absolute atomic E-state index is 0.154. The number of aromatic hydroxyl groups is 2. The molecule has 12 heteroatoms. The molecule has 1 aliphatic heterocycles. The maximum Gasteiger partial charge on any atom is 0.417 e. The molecule has 0 saturated carbocycles. The Labute approximate surface area is 319 Å². The van der Waals surface area contributed by atoms with Crippen LogP contribution in [-0.2, 0) is 27.7 Å². The Bertz CT molecular complexity index is 1860. The van der Waals surface area contributed by atoms with E-state index >= 15 is 0 Å². The van der Waals surface area contributed by atoms with E-state index in [1.165, 1.54) is 0 Å². The molecule has 294 valence electrons. The summed E-state index contributed by atoms with van der Waals surface area (Å²) in [4.78, 5) is 33.8. The zero-order valence-corrected chi connectivity index (χ0v) is 33.2. The number of pyridine rings is 1. The van der Waals surface area contributed by atoms with E-state index in [2.05, 4.69) is 16.3 Å². The van der Waals surface area contributed by atoms with Crippen LogP contribution in [0.3, 0.4) is 0 Å². The van der Waals surface area contributed by atoms with Gasteiger partial charge in [-0.05, 0) is 123 Å². The van der Waals surface area contributed by atoms with Gasteiger partial charge in [0.15, 0.2) is 11.5 Å². The highest BCUT2D eigenvalue weighted by molar-refractivity contribution is 5.99. The molecule has 2 aliphatic rings. The molecule has 2 heterocycles. The van der Waals surface area contributed by atoms with Crippen LogP contribution in [0.4, 0.5) is 9.59 Å². The van der Waals surface area contributed by atoms with Crippen molar-refractivity contribution in [2.24, 2.45) is 0 Å². The fourth-order valence-electron chi connectivity index (χ4n) is 8.20. The van der Waals surface area contributed by atoms with Gasteiger partial charge in [-0.2, -0.15) is 0 Å². The zero-order chi connectivity index (χ0) is 39.6. The second-order valence-corrected chi connectivity index (χ2v) is 17.2. The molecule has 12 nitrogen and oxygen atoms in total. The third kappa shape index (κ3) is 8.92. The molecular weight excluding hydrogens is 686 g/mol. The van der Waals surface area contributed by atoms with Crippen molar-refractivity contribution in [1.82, 2.24) is 20.1 Å². The van der Waals surface area contributed by atoms with Crippen molar-refractivity contribution in [3.05, 3.63) is 64.8 Å². The topological polar surface area (TPSA) is 169 Å². The van der Waals surface area contributed by atoms with Gasteiger partial charge in [0.05, 0.1) is 11.1 Å². The second-order valence-electron chi connectivity index (χ2n) is 17.2. The number of amides is 2. The number of alkyl carbamates (subject to hydrolysis) is 1. The predicted octanol–water partition coefficient (Wildman–Crippen LogP) is 7.46. The molecular formula is C42H59N5O7. The number of ether oxygens (including phenoxy) is 2. The molecule has 1 aromatic heterocycles. The Kier molecular flexibility index (Phi) is 11.9. The number of piperidine rings is 1. The van der Waals surface area contributed by atoms with Gasteiger partial charge in [-0.1, -0.05) is 43.5 Å². The lowest BCUT2D eigenvalue weighted by molar-refractivity contribution is -0.135. The van der Waals surface area contributed by atoms with Gasteiger partial charge in [-0.3, -0.25) is 20.6 Å². The predicted molar refractivity (Wildman–Crippen MR) is 209 cm³/mol. The average Bonchev–Trinajstić information content (AvgIpc) is 3.04. The van der Waals surface area contributed by atoms with E-state index in [0.717, 1.165) is 71.4 Å². The van der Waals surface area contributed by atoms with Crippen molar-refractivity contribution >= 4 is 29.0 Å². The first kappa shape index (κ1) is 40.8. The van der Waals surface area contributed by atoms with Crippen molar-refractivity contribution in [1.29, 1.82) is 5.41 Å². The molecule has 54 heavy (non-hydrogen) atoms. The van der Waals surface area contributed by atoms with Crippen molar-refractivity contribution in [3.8, 4) is 11.5 Å². The number of carbonyl (C=O) groups is 2. The molecule has 0 spiro atoms. The third-order valence-corrected chi connectivity index (χ3v) is 10.8. The van der Waals surface area contributed by atoms with E-state index in [1.807, 2.05) is 44.2 Å². The van der Waals surface area contributed by atoms with Crippen LogP contribution in [0, 0.1) is 12.3 Å². The lowest BCUT2D eigenvalue weighted by Gasteiger charge is -2.60. The molecule has 2 aromatic carbocycles. The van der Waals surface area contributed by atoms with Crippen molar-refractivity contribution in [2.45, 2.75) is 135 Å². The SMILES string of the molecule is Cc1cc2ccccc2nc1CC12CCN(CCCCCCCN(C(=N)NC(=O)OC(C)(C)C)C(=O)OC(C)(C)C)C(Cc3ccc(O)c(O)c31)C2(C)O. The molecule has 1 aliphatic carbocycles. The van der Waals surface area contributed by atoms with Crippen LogP contribution in [0.15, 0.2) is 42.5 Å². The molecule has 5 N–H and O–H groups in total. The summed E-state index contributed by atoms with van der Waals surface area (Å²) >= 11 is 0. The first-order valence-electron chi connectivity index (χ1n) is 19.2. The lowest BCUT2D eigenvalue weighted by Crippen LogP contribution is -2.71. The van der Waals surface area contributed by atoms with E-state index in [4.69, 9.17) is 19.9 Å². The molecule has 3 aromatic rings. The van der Waals surface area contributed by atoms with Crippen molar-refractivity contribution in [3.63, 3.8) is 0 Å². The minimum atomic E-state index is -1.23. The van der Waals surface area contributed by atoms with E-state index in [-0.39, 0.29) is 24.1 Å². The van der Waals surface area contributed by atoms with E-state index < -0.39 is 40.4 Å². The first-order chi connectivity index (χ1) is 25.2. The van der Waals surface area contributed by atoms with Gasteiger partial charge in [-0.15, -0.1) is 0 Å². The number of guanidine groups is 1. The third-order valence-electron chi connectivity index (χ3n) is 10.8. The van der Waals surface area contributed by atoms with Gasteiger partial charge in [0.2, 0.25) is 5.96 Å². The summed E-state index contributed by atoms with van der Waals surface area (Å²) in [6, 6.07) is 13.3. The maximum absolute atomic E-state index is 13.0. The number of fused-ring (bicyclic) bond motifs is 5. The number of aliphatic hydroxyl groups is 1. The number of phenols is 2. The number of unbranched alkanes of at least 4 members (excludes halogenated alkanes) is 4. The molecule has 2 amide bonds. The largest absolute Gasteiger partial charge is 0.504 e. The van der Waals surface area contributed by atoms with Gasteiger partial charge in [0.1, 0.15) is 11.2 Å². The number of rotatable bonds is 10. The number of para-hydroxylation sites is 1. The minimum Gasteiger partial charge on any atom is -0.504 e. The summed E-state index contributed by atoms with van der Waals surface area (Å²) < 4.78 is 10.8. The monoisotopic (exact) mass is 745 g/mol. The summed E-state index contributed by atoms with van der Waals surface area (Å²) in [5, 5.41) is 46.5. The fraction of sp³-hybridized carbons (Fsp3) is 0.571. The van der Waals surface area contributed by atoms with Crippen LogP contribution in [0.25, 0.3) is 10.9 Å². The number of hydrogen-bond donors (Lipinski definition) is 5. The van der Waals surface area contributed by atoms with Gasteiger partial charge >= 0.3 is 12.2 Å². The number of benzene rings is 2. The summed E-state index contributed by atoms with van der Waals surface area (Å²) in [7, 11) is 0. The first-order valence-corrected chi connectivity index (χ1v) is 19.2. The molecule has 0 radical (unpaired) electrons. The maximum atomic E-state index is 13.0. The van der Waals surface area contributed by atoms with Crippen LogP contribution in [0.1, 0.15) is 109 Å². The van der Waals surface area contributed by atoms with E-state index in [9.17, 15) is 24.9 Å². The van der Waals surface area contributed by atoms with Crippen molar-refractivity contribution in [2.75, 3.05) is 19.6 Å². The van der Waals surface area contributed by atoms with Gasteiger partial charge in [-0.25, -0.2) is 14.5 Å². The van der Waals surface area contributed by atoms with Gasteiger partial charge in [0, 0.05) is 41.1 Å². The Morgan fingerprint density at radius 2 is 1.67 bits per heavy atom. The highest BCUT2D eigenvalue weighted by Crippen LogP contribution is 2.57. The Morgan fingerprint density at radius 3 is 2.37 bits per heavy atom. The van der Waals surface area contributed by atoms with Gasteiger partial charge < -0.3 is 24.8 Å². The number of likely N-dealkylation sites (tertiary alicyclic amines) is 1. The second kappa shape index (κ2) is 15.7. The Hall–Kier alpha value is -4.42. The highest BCUT2D eigenvalue weighted by Gasteiger charge is 2.61. The van der Waals surface area contributed by atoms with Crippen LogP contribution < -0.4 is 5.32 Å². The molecule has 1 saturated heterocycles. The smallest absolute Gasteiger partial charge is 0.417 e. The molecule has 3 unspecified atom stereocenters. The van der Waals surface area contributed by atoms with E-state index in [1.54, 1.807) is 47.6 Å². The number of phenolic OH excluding ortho intramolecular Hbond substituents is 2. The summed E-state index contributed by atoms with van der Waals surface area (Å²) in [6.07, 6.45) is 4.19. The number of carbonyl (C=O) groups excluding carboxylic acids is 2. The average molecular weight is 746 g/mol. The fourth-order valence-corrected chi connectivity index (χ4v) is 8.20. The zero-order valence-electron chi connectivity index (χ0n) is 33.2. The number of nitrogens with one attached hydrogen (secondary N) is 2. The van der Waals surface area contributed by atoms with Gasteiger partial charge in [0.25, 0.3) is 0 Å². The number of aromatic nitrogens is 1. The van der Waals surface area contributed by atoms with Crippen LogP contribution in [0.2, 0.25) is 0 Å². The summed E-state index contributed by atoms with van der Waals surface area (Å²) in [5.41, 5.74) is 0.731. The summed E-state index contributed by atoms with van der Waals surface area (Å²) in [5.74, 6) is -0.728. The van der Waals surface area contributed by atoms with Crippen LogP contribution in [-0.4, -0.2) is 90.7 Å². The van der Waals surface area contributed by atoms with Crippen molar-refractivity contribution < 1.29 is 34.4 Å². The standard InChI is InChI=1S/C42H59N5O7/c1-27-24-28-16-12-13-17-30(28)44-31(27)26-42-20-23-46(33(41(42,8)52)25-29-18-19-32(48)35(49)34(29)42)21-14-10-9-11-15-22-47(38(51)54-40(5,6)7)36(43)45-37(50)53-39(2,3)4/h12-13,16-19,24,33,48-49,52H,9-11,14-15,20-23,25-26H2,1-8H3,(H2,43,45,50). The molecule has 5 rings (SSSR count). The number of aryl methyl sites for hydroxylation is 1. The van der Waals surface area contributed by atoms with Crippen LogP contribution in [0.5, 0.6) is 11.5 Å².